The highest BCUT2D eigenvalue weighted by Gasteiger charge is 2.19. The van der Waals surface area contributed by atoms with E-state index >= 15 is 0 Å². The number of methoxy groups -OCH3 is 1. The summed E-state index contributed by atoms with van der Waals surface area (Å²) in [6, 6.07) is 21.2. The van der Waals surface area contributed by atoms with Gasteiger partial charge >= 0.3 is 5.97 Å². The smallest absolute Gasteiger partial charge is 0.335 e. The number of hydrogen-bond donors (Lipinski definition) is 2. The van der Waals surface area contributed by atoms with Crippen LogP contribution in [0, 0.1) is 0 Å². The van der Waals surface area contributed by atoms with Crippen LogP contribution in [0.5, 0.6) is 5.75 Å². The minimum Gasteiger partial charge on any atom is -0.496 e. The van der Waals surface area contributed by atoms with Crippen molar-refractivity contribution in [2.75, 3.05) is 7.11 Å². The molecular formula is C23H19N3O4. The fourth-order valence-electron chi connectivity index (χ4n) is 3.23. The van der Waals surface area contributed by atoms with Gasteiger partial charge in [0.2, 0.25) is 0 Å². The standard InChI is InChI=1S/C23H19N3O4/c1-30-20-9-5-4-8-19(20)22-24-21(18-7-3-2-6-16(18)14-27)25-26(22)17-12-10-15(11-13-17)23(28)29/h2-13,27H,14H2,1H3,(H,28,29). The highest BCUT2D eigenvalue weighted by atomic mass is 16.5. The molecule has 0 aliphatic heterocycles. The molecule has 0 saturated heterocycles. The van der Waals surface area contributed by atoms with Gasteiger partial charge in [0, 0.05) is 5.56 Å². The Bertz CT molecular complexity index is 1200. The van der Waals surface area contributed by atoms with Gasteiger partial charge in [0.05, 0.1) is 30.5 Å². The van der Waals surface area contributed by atoms with E-state index in [1.807, 2.05) is 48.5 Å². The van der Waals surface area contributed by atoms with Crippen LogP contribution in [0.1, 0.15) is 15.9 Å². The Kier molecular flexibility index (Phi) is 5.28. The van der Waals surface area contributed by atoms with Crippen molar-refractivity contribution in [3.63, 3.8) is 0 Å². The van der Waals surface area contributed by atoms with Gasteiger partial charge in [-0.3, -0.25) is 0 Å². The van der Waals surface area contributed by atoms with Crippen LogP contribution >= 0.6 is 0 Å². The quantitative estimate of drug-likeness (QED) is 0.510. The third-order valence-electron chi connectivity index (χ3n) is 4.74. The molecule has 30 heavy (non-hydrogen) atoms. The number of aliphatic hydroxyl groups is 1. The molecule has 0 bridgehead atoms. The molecule has 150 valence electrons. The van der Waals surface area contributed by atoms with Crippen molar-refractivity contribution in [3.8, 4) is 34.2 Å². The Hall–Kier alpha value is -3.97. The van der Waals surface area contributed by atoms with Crippen LogP contribution in [0.15, 0.2) is 72.8 Å². The van der Waals surface area contributed by atoms with Gasteiger partial charge in [-0.2, -0.15) is 0 Å². The Balaban J connectivity index is 1.93. The van der Waals surface area contributed by atoms with Crippen molar-refractivity contribution in [3.05, 3.63) is 83.9 Å². The van der Waals surface area contributed by atoms with Gasteiger partial charge in [-0.15, -0.1) is 5.10 Å². The zero-order chi connectivity index (χ0) is 21.1. The summed E-state index contributed by atoms with van der Waals surface area (Å²) in [6.07, 6.45) is 0. The first kappa shape index (κ1) is 19.4. The van der Waals surface area contributed by atoms with Crippen LogP contribution in [-0.4, -0.2) is 38.1 Å². The summed E-state index contributed by atoms with van der Waals surface area (Å²) < 4.78 is 7.15. The van der Waals surface area contributed by atoms with Gasteiger partial charge in [-0.05, 0) is 42.0 Å². The summed E-state index contributed by atoms with van der Waals surface area (Å²) in [7, 11) is 1.59. The maximum atomic E-state index is 11.2. The number of rotatable bonds is 6. The second-order valence-electron chi connectivity index (χ2n) is 6.54. The van der Waals surface area contributed by atoms with Crippen molar-refractivity contribution in [1.82, 2.24) is 14.8 Å². The lowest BCUT2D eigenvalue weighted by Gasteiger charge is -2.09. The molecule has 0 fully saturated rings. The minimum absolute atomic E-state index is 0.137. The molecule has 4 aromatic rings. The van der Waals surface area contributed by atoms with Crippen LogP contribution in [0.3, 0.4) is 0 Å². The average Bonchev–Trinajstić information content (AvgIpc) is 3.24. The number of aliphatic hydroxyl groups excluding tert-OH is 1. The third-order valence-corrected chi connectivity index (χ3v) is 4.74. The maximum absolute atomic E-state index is 11.2. The van der Waals surface area contributed by atoms with E-state index in [1.165, 1.54) is 12.1 Å². The van der Waals surface area contributed by atoms with E-state index in [4.69, 9.17) is 9.72 Å². The Labute approximate surface area is 172 Å². The summed E-state index contributed by atoms with van der Waals surface area (Å²) in [5, 5.41) is 23.6. The summed E-state index contributed by atoms with van der Waals surface area (Å²) in [6.45, 7) is -0.137. The van der Waals surface area contributed by atoms with Crippen molar-refractivity contribution < 1.29 is 19.7 Å². The van der Waals surface area contributed by atoms with Crippen LogP contribution in [0.2, 0.25) is 0 Å². The summed E-state index contributed by atoms with van der Waals surface area (Å²) in [5.74, 6) is 0.624. The van der Waals surface area contributed by atoms with Gasteiger partial charge in [0.25, 0.3) is 0 Å². The van der Waals surface area contributed by atoms with Gasteiger partial charge in [0.1, 0.15) is 5.75 Å². The van der Waals surface area contributed by atoms with E-state index in [9.17, 15) is 15.0 Å². The van der Waals surface area contributed by atoms with Gasteiger partial charge in [0.15, 0.2) is 11.6 Å². The van der Waals surface area contributed by atoms with E-state index < -0.39 is 5.97 Å². The highest BCUT2D eigenvalue weighted by Crippen LogP contribution is 2.32. The zero-order valence-electron chi connectivity index (χ0n) is 16.2. The Morgan fingerprint density at radius 2 is 1.63 bits per heavy atom. The van der Waals surface area contributed by atoms with E-state index in [2.05, 4.69) is 5.10 Å². The lowest BCUT2D eigenvalue weighted by atomic mass is 10.1. The average molecular weight is 401 g/mol. The van der Waals surface area contributed by atoms with Crippen molar-refractivity contribution in [2.24, 2.45) is 0 Å². The molecule has 0 aliphatic rings. The van der Waals surface area contributed by atoms with Crippen molar-refractivity contribution >= 4 is 5.97 Å². The largest absolute Gasteiger partial charge is 0.496 e. The summed E-state index contributed by atoms with van der Waals surface area (Å²) in [5.41, 5.74) is 3.01. The number of ether oxygens (including phenoxy) is 1. The topological polar surface area (TPSA) is 97.5 Å². The van der Waals surface area contributed by atoms with Crippen LogP contribution < -0.4 is 4.74 Å². The van der Waals surface area contributed by atoms with Crippen LogP contribution in [0.4, 0.5) is 0 Å². The normalized spacial score (nSPS) is 10.7. The molecule has 0 saturated carbocycles. The number of para-hydroxylation sites is 1. The molecule has 0 aliphatic carbocycles. The molecule has 7 heteroatoms. The Morgan fingerprint density at radius 3 is 2.30 bits per heavy atom. The highest BCUT2D eigenvalue weighted by molar-refractivity contribution is 5.87. The first-order chi connectivity index (χ1) is 14.6. The van der Waals surface area contributed by atoms with Crippen LogP contribution in [0.25, 0.3) is 28.5 Å². The molecule has 0 amide bonds. The van der Waals surface area contributed by atoms with Crippen molar-refractivity contribution in [1.29, 1.82) is 0 Å². The molecule has 0 unspecified atom stereocenters. The molecule has 0 radical (unpaired) electrons. The third kappa shape index (κ3) is 3.54. The summed E-state index contributed by atoms with van der Waals surface area (Å²) in [4.78, 5) is 16.0. The van der Waals surface area contributed by atoms with E-state index in [0.29, 0.717) is 28.6 Å². The number of carboxylic acids is 1. The van der Waals surface area contributed by atoms with Crippen LogP contribution in [-0.2, 0) is 6.61 Å². The number of hydrogen-bond acceptors (Lipinski definition) is 5. The number of nitrogens with zero attached hydrogens (tertiary/aromatic N) is 3. The molecule has 1 aromatic heterocycles. The number of carbonyl (C=O) groups is 1. The number of carboxylic acid groups (broad SMARTS) is 1. The molecule has 0 spiro atoms. The lowest BCUT2D eigenvalue weighted by Crippen LogP contribution is -2.02. The van der Waals surface area contributed by atoms with E-state index in [1.54, 1.807) is 23.9 Å². The van der Waals surface area contributed by atoms with E-state index in [0.717, 1.165) is 11.1 Å². The molecular weight excluding hydrogens is 382 g/mol. The molecule has 3 aromatic carbocycles. The second kappa shape index (κ2) is 8.18. The Morgan fingerprint density at radius 1 is 0.967 bits per heavy atom. The minimum atomic E-state index is -0.998. The predicted octanol–water partition coefficient (Wildman–Crippen LogP) is 3.80. The second-order valence-corrected chi connectivity index (χ2v) is 6.54. The van der Waals surface area contributed by atoms with Crippen molar-refractivity contribution in [2.45, 2.75) is 6.61 Å². The fraction of sp³-hybridized carbons (Fsp3) is 0.0870. The summed E-state index contributed by atoms with van der Waals surface area (Å²) >= 11 is 0. The first-order valence-electron chi connectivity index (χ1n) is 9.25. The molecule has 1 heterocycles. The SMILES string of the molecule is COc1ccccc1-c1nc(-c2ccccc2CO)nn1-c1ccc(C(=O)O)cc1. The van der Waals surface area contributed by atoms with E-state index in [-0.39, 0.29) is 12.2 Å². The number of aromatic carboxylic acids is 1. The fourth-order valence-corrected chi connectivity index (χ4v) is 3.23. The van der Waals surface area contributed by atoms with Gasteiger partial charge in [-0.1, -0.05) is 36.4 Å². The molecule has 4 rings (SSSR count). The number of benzene rings is 3. The van der Waals surface area contributed by atoms with Gasteiger partial charge < -0.3 is 14.9 Å². The monoisotopic (exact) mass is 401 g/mol. The molecule has 2 N–H and O–H groups in total. The first-order valence-corrected chi connectivity index (χ1v) is 9.25. The predicted molar refractivity (Wildman–Crippen MR) is 112 cm³/mol. The molecule has 0 atom stereocenters. The maximum Gasteiger partial charge on any atom is 0.335 e. The number of aromatic nitrogens is 3. The van der Waals surface area contributed by atoms with Gasteiger partial charge in [-0.25, -0.2) is 14.5 Å². The lowest BCUT2D eigenvalue weighted by molar-refractivity contribution is 0.0697. The zero-order valence-corrected chi connectivity index (χ0v) is 16.2. The molecule has 7 nitrogen and oxygen atoms in total.